The van der Waals surface area contributed by atoms with Gasteiger partial charge < -0.3 is 5.73 Å². The number of carbonyl (C=O) groups excluding carboxylic acids is 1. The summed E-state index contributed by atoms with van der Waals surface area (Å²) in [6, 6.07) is 0. The normalized spacial score (nSPS) is 12.7. The molecule has 0 aliphatic carbocycles. The van der Waals surface area contributed by atoms with Gasteiger partial charge in [-0.15, -0.1) is 5.10 Å². The molecule has 84 valence electrons. The van der Waals surface area contributed by atoms with Crippen LogP contribution in [0.5, 0.6) is 0 Å². The van der Waals surface area contributed by atoms with Gasteiger partial charge in [0.15, 0.2) is 5.16 Å². The second-order valence-electron chi connectivity index (χ2n) is 3.13. The van der Waals surface area contributed by atoms with Crippen molar-refractivity contribution in [2.75, 3.05) is 0 Å². The van der Waals surface area contributed by atoms with Crippen molar-refractivity contribution in [1.82, 2.24) is 14.8 Å². The fourth-order valence-corrected chi connectivity index (χ4v) is 1.86. The zero-order chi connectivity index (χ0) is 11.4. The molecule has 0 aromatic carbocycles. The minimum absolute atomic E-state index is 0.254. The molecule has 1 amide bonds. The molecule has 6 nitrogen and oxygen atoms in total. The minimum Gasteiger partial charge on any atom is -0.369 e. The smallest absolute Gasteiger partial charge is 0.343 e. The van der Waals surface area contributed by atoms with Crippen LogP contribution in [0, 0.1) is 0 Å². The molecular weight excluding hydrogens is 216 g/mol. The fraction of sp³-hybridized carbons (Fsp3) is 0.625. The van der Waals surface area contributed by atoms with Gasteiger partial charge in [-0.05, 0) is 13.3 Å². The number of primary amides is 1. The summed E-state index contributed by atoms with van der Waals surface area (Å²) in [5.41, 5.74) is 4.88. The number of aromatic amines is 1. The molecular formula is C8H14N4O2S. The average molecular weight is 230 g/mol. The standard InChI is InChI=1S/C8H14N4O2S/c1-3-4-12-7(14)10-11-8(12)15-5(2)6(9)13/h5H,3-4H2,1-2H3,(H2,9,13)(H,10,14)/t5-/m1/s1. The third-order valence-electron chi connectivity index (χ3n) is 1.85. The van der Waals surface area contributed by atoms with E-state index in [0.717, 1.165) is 6.42 Å². The first-order valence-corrected chi connectivity index (χ1v) is 5.55. The highest BCUT2D eigenvalue weighted by atomic mass is 32.2. The third-order valence-corrected chi connectivity index (χ3v) is 2.96. The van der Waals surface area contributed by atoms with Crippen molar-refractivity contribution in [3.63, 3.8) is 0 Å². The lowest BCUT2D eigenvalue weighted by atomic mass is 10.5. The van der Waals surface area contributed by atoms with Crippen molar-refractivity contribution < 1.29 is 4.79 Å². The van der Waals surface area contributed by atoms with Crippen LogP contribution in [0.25, 0.3) is 0 Å². The molecule has 0 aliphatic rings. The molecule has 0 bridgehead atoms. The second kappa shape index (κ2) is 5.01. The number of rotatable bonds is 5. The number of aromatic nitrogens is 3. The summed E-state index contributed by atoms with van der Waals surface area (Å²) in [6.45, 7) is 4.23. The number of nitrogens with two attached hydrogens (primary N) is 1. The maximum atomic E-state index is 11.3. The van der Waals surface area contributed by atoms with Gasteiger partial charge in [-0.3, -0.25) is 9.36 Å². The molecule has 3 N–H and O–H groups in total. The van der Waals surface area contributed by atoms with Crippen LogP contribution in [0.4, 0.5) is 0 Å². The molecule has 1 aromatic heterocycles. The molecule has 0 fully saturated rings. The molecule has 15 heavy (non-hydrogen) atoms. The van der Waals surface area contributed by atoms with Crippen LogP contribution in [0.15, 0.2) is 9.95 Å². The lowest BCUT2D eigenvalue weighted by Crippen LogP contribution is -2.24. The van der Waals surface area contributed by atoms with Crippen molar-refractivity contribution in [3.05, 3.63) is 10.5 Å². The van der Waals surface area contributed by atoms with Gasteiger partial charge in [0.2, 0.25) is 5.91 Å². The summed E-state index contributed by atoms with van der Waals surface area (Å²) in [5, 5.41) is 6.30. The first-order chi connectivity index (χ1) is 7.06. The van der Waals surface area contributed by atoms with E-state index >= 15 is 0 Å². The van der Waals surface area contributed by atoms with Gasteiger partial charge >= 0.3 is 5.69 Å². The fourth-order valence-electron chi connectivity index (χ4n) is 1.03. The van der Waals surface area contributed by atoms with Gasteiger partial charge in [-0.25, -0.2) is 9.89 Å². The summed E-state index contributed by atoms with van der Waals surface area (Å²) >= 11 is 1.19. The van der Waals surface area contributed by atoms with Gasteiger partial charge in [-0.2, -0.15) is 0 Å². The van der Waals surface area contributed by atoms with Crippen molar-refractivity contribution in [2.24, 2.45) is 5.73 Å². The number of amides is 1. The molecule has 0 aliphatic heterocycles. The SMILES string of the molecule is CCCn1c(S[C@H](C)C(N)=O)n[nH]c1=O. The van der Waals surface area contributed by atoms with Gasteiger partial charge in [0, 0.05) is 6.54 Å². The largest absolute Gasteiger partial charge is 0.369 e. The summed E-state index contributed by atoms with van der Waals surface area (Å²) < 4.78 is 1.50. The van der Waals surface area contributed by atoms with Crippen LogP contribution < -0.4 is 11.4 Å². The summed E-state index contributed by atoms with van der Waals surface area (Å²) in [7, 11) is 0. The highest BCUT2D eigenvalue weighted by Crippen LogP contribution is 2.19. The first kappa shape index (κ1) is 11.8. The van der Waals surface area contributed by atoms with E-state index in [9.17, 15) is 9.59 Å². The van der Waals surface area contributed by atoms with E-state index in [0.29, 0.717) is 11.7 Å². The lowest BCUT2D eigenvalue weighted by Gasteiger charge is -2.06. The van der Waals surface area contributed by atoms with E-state index in [1.807, 2.05) is 6.92 Å². The molecule has 1 atom stereocenters. The Morgan fingerprint density at radius 2 is 2.40 bits per heavy atom. The van der Waals surface area contributed by atoms with Crippen LogP contribution in [0.2, 0.25) is 0 Å². The molecule has 7 heteroatoms. The van der Waals surface area contributed by atoms with Gasteiger partial charge in [-0.1, -0.05) is 18.7 Å². The number of thioether (sulfide) groups is 1. The van der Waals surface area contributed by atoms with Crippen LogP contribution in [-0.2, 0) is 11.3 Å². The van der Waals surface area contributed by atoms with Crippen molar-refractivity contribution in [1.29, 1.82) is 0 Å². The Bertz CT molecular complexity index is 398. The van der Waals surface area contributed by atoms with Gasteiger partial charge in [0.25, 0.3) is 0 Å². The Morgan fingerprint density at radius 1 is 1.73 bits per heavy atom. The van der Waals surface area contributed by atoms with E-state index in [1.54, 1.807) is 6.92 Å². The van der Waals surface area contributed by atoms with E-state index in [-0.39, 0.29) is 5.69 Å². The zero-order valence-electron chi connectivity index (χ0n) is 8.69. The van der Waals surface area contributed by atoms with E-state index < -0.39 is 11.2 Å². The average Bonchev–Trinajstić information content (AvgIpc) is 2.50. The number of carbonyl (C=O) groups is 1. The Hall–Kier alpha value is -1.24. The van der Waals surface area contributed by atoms with Crippen LogP contribution in [0.3, 0.4) is 0 Å². The van der Waals surface area contributed by atoms with Crippen molar-refractivity contribution in [3.8, 4) is 0 Å². The van der Waals surface area contributed by atoms with Crippen molar-refractivity contribution >= 4 is 17.7 Å². The predicted molar refractivity (Wildman–Crippen MR) is 57.7 cm³/mol. The lowest BCUT2D eigenvalue weighted by molar-refractivity contribution is -0.117. The zero-order valence-corrected chi connectivity index (χ0v) is 9.50. The molecule has 0 spiro atoms. The highest BCUT2D eigenvalue weighted by molar-refractivity contribution is 8.00. The summed E-state index contributed by atoms with van der Waals surface area (Å²) in [5.74, 6) is -0.418. The predicted octanol–water partition coefficient (Wildman–Crippen LogP) is -0.0527. The molecule has 1 aromatic rings. The Morgan fingerprint density at radius 3 is 2.93 bits per heavy atom. The molecule has 0 saturated carbocycles. The highest BCUT2D eigenvalue weighted by Gasteiger charge is 2.15. The molecule has 1 heterocycles. The molecule has 0 unspecified atom stereocenters. The first-order valence-electron chi connectivity index (χ1n) is 4.67. The summed E-state index contributed by atoms with van der Waals surface area (Å²) in [6.07, 6.45) is 0.831. The number of nitrogens with zero attached hydrogens (tertiary/aromatic N) is 2. The molecule has 0 saturated heterocycles. The van der Waals surface area contributed by atoms with Crippen LogP contribution >= 0.6 is 11.8 Å². The summed E-state index contributed by atoms with van der Waals surface area (Å²) in [4.78, 5) is 22.2. The quantitative estimate of drug-likeness (QED) is 0.693. The topological polar surface area (TPSA) is 93.8 Å². The Balaban J connectivity index is 2.85. The number of nitrogens with one attached hydrogen (secondary N) is 1. The van der Waals surface area contributed by atoms with Gasteiger partial charge in [0.1, 0.15) is 0 Å². The van der Waals surface area contributed by atoms with Gasteiger partial charge in [0.05, 0.1) is 5.25 Å². The molecule has 1 rings (SSSR count). The number of H-pyrrole nitrogens is 1. The van der Waals surface area contributed by atoms with E-state index in [2.05, 4.69) is 10.2 Å². The Labute approximate surface area is 91.2 Å². The second-order valence-corrected chi connectivity index (χ2v) is 4.43. The maximum absolute atomic E-state index is 11.3. The third kappa shape index (κ3) is 2.85. The number of hydrogen-bond donors (Lipinski definition) is 2. The van der Waals surface area contributed by atoms with E-state index in [4.69, 9.17) is 5.73 Å². The van der Waals surface area contributed by atoms with Crippen molar-refractivity contribution in [2.45, 2.75) is 37.2 Å². The van der Waals surface area contributed by atoms with E-state index in [1.165, 1.54) is 16.3 Å². The monoisotopic (exact) mass is 230 g/mol. The van der Waals surface area contributed by atoms with Crippen LogP contribution in [0.1, 0.15) is 20.3 Å². The van der Waals surface area contributed by atoms with Crippen LogP contribution in [-0.4, -0.2) is 25.9 Å². The minimum atomic E-state index is -0.418. The Kier molecular flexibility index (Phi) is 3.96. The number of hydrogen-bond acceptors (Lipinski definition) is 4. The molecule has 0 radical (unpaired) electrons. The maximum Gasteiger partial charge on any atom is 0.343 e.